The zero-order chi connectivity index (χ0) is 10.4. The van der Waals surface area contributed by atoms with Crippen molar-refractivity contribution in [1.29, 1.82) is 0 Å². The van der Waals surface area contributed by atoms with E-state index in [9.17, 15) is 4.79 Å². The molecule has 0 bridgehead atoms. The molecule has 0 saturated carbocycles. The average molecular weight is 201 g/mol. The van der Waals surface area contributed by atoms with E-state index < -0.39 is 5.97 Å². The van der Waals surface area contributed by atoms with Crippen molar-refractivity contribution in [3.05, 3.63) is 0 Å². The Bertz CT molecular complexity index is 220. The summed E-state index contributed by atoms with van der Waals surface area (Å²) in [5.41, 5.74) is 5.35. The van der Waals surface area contributed by atoms with Crippen LogP contribution in [0, 0.1) is 0 Å². The van der Waals surface area contributed by atoms with E-state index in [0.717, 1.165) is 19.4 Å². The Kier molecular flexibility index (Phi) is 4.11. The zero-order valence-corrected chi connectivity index (χ0v) is 7.96. The van der Waals surface area contributed by atoms with Gasteiger partial charge in [0.2, 0.25) is 0 Å². The molecule has 0 spiro atoms. The van der Waals surface area contributed by atoms with Crippen LogP contribution in [0.2, 0.25) is 0 Å². The first-order chi connectivity index (χ1) is 6.72. The van der Waals surface area contributed by atoms with Crippen LogP contribution in [0.15, 0.2) is 10.4 Å². The molecular formula is C7H15N5O2. The largest absolute Gasteiger partial charge is 0.480 e. The van der Waals surface area contributed by atoms with Crippen molar-refractivity contribution in [2.75, 3.05) is 26.3 Å². The van der Waals surface area contributed by atoms with Crippen molar-refractivity contribution in [1.82, 2.24) is 10.0 Å². The Labute approximate surface area is 82.1 Å². The van der Waals surface area contributed by atoms with Crippen molar-refractivity contribution >= 4 is 5.97 Å². The number of hydrogen-bond acceptors (Lipinski definition) is 6. The molecule has 14 heavy (non-hydrogen) atoms. The predicted molar refractivity (Wildman–Crippen MR) is 49.1 cm³/mol. The molecule has 0 amide bonds. The predicted octanol–water partition coefficient (Wildman–Crippen LogP) is -0.333. The third-order valence-corrected chi connectivity index (χ3v) is 1.81. The van der Waals surface area contributed by atoms with Crippen molar-refractivity contribution < 1.29 is 9.90 Å². The van der Waals surface area contributed by atoms with Crippen LogP contribution in [0.5, 0.6) is 0 Å². The third-order valence-electron chi connectivity index (χ3n) is 1.81. The highest BCUT2D eigenvalue weighted by molar-refractivity contribution is 5.68. The van der Waals surface area contributed by atoms with Gasteiger partial charge in [-0.15, -0.1) is 0 Å². The molecule has 1 heterocycles. The van der Waals surface area contributed by atoms with E-state index in [2.05, 4.69) is 10.4 Å². The van der Waals surface area contributed by atoms with E-state index in [1.54, 1.807) is 5.01 Å². The van der Waals surface area contributed by atoms with E-state index >= 15 is 0 Å². The summed E-state index contributed by atoms with van der Waals surface area (Å²) >= 11 is 0. The average Bonchev–Trinajstić information content (AvgIpc) is 2.52. The smallest absolute Gasteiger partial charge is 0.325 e. The summed E-state index contributed by atoms with van der Waals surface area (Å²) in [5, 5.41) is 19.2. The minimum Gasteiger partial charge on any atom is -0.480 e. The van der Waals surface area contributed by atoms with Gasteiger partial charge in [-0.05, 0) is 19.4 Å². The first-order valence-electron chi connectivity index (χ1n) is 4.55. The lowest BCUT2D eigenvalue weighted by Crippen LogP contribution is -2.29. The monoisotopic (exact) mass is 201 g/mol. The van der Waals surface area contributed by atoms with Gasteiger partial charge >= 0.3 is 5.97 Å². The molecule has 0 fully saturated rings. The molecular weight excluding hydrogens is 186 g/mol. The summed E-state index contributed by atoms with van der Waals surface area (Å²) in [6.45, 7) is 1.80. The summed E-state index contributed by atoms with van der Waals surface area (Å²) < 4.78 is 0. The fourth-order valence-corrected chi connectivity index (χ4v) is 1.15. The van der Waals surface area contributed by atoms with Crippen molar-refractivity contribution in [3.63, 3.8) is 0 Å². The minimum atomic E-state index is -0.896. The van der Waals surface area contributed by atoms with Crippen LogP contribution in [0.1, 0.15) is 12.8 Å². The lowest BCUT2D eigenvalue weighted by Gasteiger charge is -2.14. The van der Waals surface area contributed by atoms with Gasteiger partial charge in [0.15, 0.2) is 0 Å². The minimum absolute atomic E-state index is 0.100. The van der Waals surface area contributed by atoms with Crippen LogP contribution in [-0.2, 0) is 4.79 Å². The standard InChI is InChI=1S/C7H15N5O2/c8-3-1-2-4-11-6-12(10-9-11)5-7(13)14/h1-6,8H2,(H,13,14). The Balaban J connectivity index is 2.15. The topological polar surface area (TPSA) is 94.5 Å². The molecule has 1 aliphatic heterocycles. The van der Waals surface area contributed by atoms with Gasteiger partial charge in [-0.2, -0.15) is 0 Å². The van der Waals surface area contributed by atoms with Crippen LogP contribution in [-0.4, -0.2) is 47.4 Å². The van der Waals surface area contributed by atoms with Gasteiger partial charge in [-0.25, -0.2) is 5.01 Å². The van der Waals surface area contributed by atoms with Gasteiger partial charge in [0.1, 0.15) is 13.2 Å². The number of nitrogens with two attached hydrogens (primary N) is 1. The summed E-state index contributed by atoms with van der Waals surface area (Å²) in [5.74, 6) is -0.896. The molecule has 1 rings (SSSR count). The van der Waals surface area contributed by atoms with Crippen molar-refractivity contribution in [3.8, 4) is 0 Å². The quantitative estimate of drug-likeness (QED) is 0.574. The molecule has 7 heteroatoms. The van der Waals surface area contributed by atoms with Crippen LogP contribution < -0.4 is 5.73 Å². The Morgan fingerprint density at radius 1 is 1.36 bits per heavy atom. The second-order valence-electron chi connectivity index (χ2n) is 3.10. The molecule has 0 saturated heterocycles. The first kappa shape index (κ1) is 10.7. The highest BCUT2D eigenvalue weighted by Gasteiger charge is 2.16. The van der Waals surface area contributed by atoms with Gasteiger partial charge < -0.3 is 10.8 Å². The Hall–Kier alpha value is -1.37. The SMILES string of the molecule is NCCCCN1CN(CC(=O)O)N=N1. The fourth-order valence-electron chi connectivity index (χ4n) is 1.15. The van der Waals surface area contributed by atoms with Gasteiger partial charge in [0, 0.05) is 6.54 Å². The lowest BCUT2D eigenvalue weighted by molar-refractivity contribution is -0.138. The highest BCUT2D eigenvalue weighted by Crippen LogP contribution is 2.07. The second-order valence-corrected chi connectivity index (χ2v) is 3.10. The molecule has 80 valence electrons. The first-order valence-corrected chi connectivity index (χ1v) is 4.55. The number of aliphatic carboxylic acids is 1. The molecule has 7 nitrogen and oxygen atoms in total. The molecule has 0 atom stereocenters. The molecule has 3 N–H and O–H groups in total. The molecule has 0 aromatic carbocycles. The summed E-state index contributed by atoms with van der Waals surface area (Å²) in [6.07, 6.45) is 1.90. The van der Waals surface area contributed by atoms with E-state index in [1.807, 2.05) is 0 Å². The van der Waals surface area contributed by atoms with E-state index in [-0.39, 0.29) is 6.54 Å². The van der Waals surface area contributed by atoms with Crippen molar-refractivity contribution in [2.45, 2.75) is 12.8 Å². The highest BCUT2D eigenvalue weighted by atomic mass is 16.4. The maximum absolute atomic E-state index is 10.3. The maximum Gasteiger partial charge on any atom is 0.325 e. The summed E-state index contributed by atoms with van der Waals surface area (Å²) in [6, 6.07) is 0. The third kappa shape index (κ3) is 3.56. The van der Waals surface area contributed by atoms with Crippen LogP contribution >= 0.6 is 0 Å². The van der Waals surface area contributed by atoms with E-state index in [0.29, 0.717) is 13.2 Å². The summed E-state index contributed by atoms with van der Waals surface area (Å²) in [7, 11) is 0. The van der Waals surface area contributed by atoms with E-state index in [1.165, 1.54) is 5.01 Å². The number of nitrogens with zero attached hydrogens (tertiary/aromatic N) is 4. The Morgan fingerprint density at radius 3 is 2.71 bits per heavy atom. The van der Waals surface area contributed by atoms with Gasteiger partial charge in [0.25, 0.3) is 0 Å². The van der Waals surface area contributed by atoms with Gasteiger partial charge in [-0.3, -0.25) is 9.80 Å². The molecule has 0 radical (unpaired) electrons. The molecule has 1 aliphatic rings. The molecule has 0 aromatic rings. The number of carbonyl (C=O) groups is 1. The van der Waals surface area contributed by atoms with Crippen LogP contribution in [0.25, 0.3) is 0 Å². The molecule has 0 aromatic heterocycles. The zero-order valence-electron chi connectivity index (χ0n) is 7.96. The van der Waals surface area contributed by atoms with Crippen molar-refractivity contribution in [2.24, 2.45) is 16.2 Å². The van der Waals surface area contributed by atoms with Gasteiger partial charge in [-0.1, -0.05) is 10.4 Å². The number of unbranched alkanes of at least 4 members (excludes halogenated alkanes) is 1. The Morgan fingerprint density at radius 2 is 2.07 bits per heavy atom. The lowest BCUT2D eigenvalue weighted by atomic mass is 10.3. The normalized spacial score (nSPS) is 15.2. The molecule has 0 unspecified atom stereocenters. The number of hydrogen-bond donors (Lipinski definition) is 2. The summed E-state index contributed by atoms with van der Waals surface area (Å²) in [4.78, 5) is 10.3. The fraction of sp³-hybridized carbons (Fsp3) is 0.857. The number of carboxylic acids is 1. The van der Waals surface area contributed by atoms with Gasteiger partial charge in [0.05, 0.1) is 0 Å². The number of rotatable bonds is 6. The number of carboxylic acid groups (broad SMARTS) is 1. The second kappa shape index (κ2) is 5.38. The molecule has 0 aliphatic carbocycles. The maximum atomic E-state index is 10.3. The van der Waals surface area contributed by atoms with Crippen LogP contribution in [0.3, 0.4) is 0 Å². The van der Waals surface area contributed by atoms with E-state index in [4.69, 9.17) is 10.8 Å². The van der Waals surface area contributed by atoms with Crippen LogP contribution in [0.4, 0.5) is 0 Å².